The number of alkyl halides is 1. The van der Waals surface area contributed by atoms with E-state index in [4.69, 9.17) is 0 Å². The minimum Gasteiger partial charge on any atom is -0.478 e. The van der Waals surface area contributed by atoms with Crippen molar-refractivity contribution >= 4 is 11.5 Å². The Morgan fingerprint density at radius 3 is 2.44 bits per heavy atom. The molecule has 3 aromatic carbocycles. The van der Waals surface area contributed by atoms with Gasteiger partial charge in [0, 0.05) is 19.6 Å². The molecule has 0 spiro atoms. The number of aromatic carboxylic acids is 1. The molecule has 1 fully saturated rings. The number of hydrogen-bond acceptors (Lipinski definition) is 2. The zero-order valence-corrected chi connectivity index (χ0v) is 20.8. The van der Waals surface area contributed by atoms with Crippen molar-refractivity contribution in [1.82, 2.24) is 4.90 Å². The Kier molecular flexibility index (Phi) is 7.62. The molecular weight excluding hydrogens is 449 g/mol. The summed E-state index contributed by atoms with van der Waals surface area (Å²) in [6.07, 6.45) is 5.49. The summed E-state index contributed by atoms with van der Waals surface area (Å²) in [7, 11) is 0. The molecule has 0 unspecified atom stereocenters. The largest absolute Gasteiger partial charge is 0.478 e. The molecule has 2 aliphatic rings. The lowest BCUT2D eigenvalue weighted by atomic mass is 9.86. The van der Waals surface area contributed by atoms with E-state index in [0.29, 0.717) is 17.9 Å². The summed E-state index contributed by atoms with van der Waals surface area (Å²) in [5.41, 5.74) is 9.17. The van der Waals surface area contributed by atoms with Crippen molar-refractivity contribution in [2.75, 3.05) is 26.3 Å². The molecule has 5 rings (SSSR count). The van der Waals surface area contributed by atoms with Crippen molar-refractivity contribution in [1.29, 1.82) is 0 Å². The van der Waals surface area contributed by atoms with Crippen LogP contribution in [0.25, 0.3) is 5.57 Å². The third-order valence-corrected chi connectivity index (χ3v) is 7.57. The second kappa shape index (κ2) is 11.2. The summed E-state index contributed by atoms with van der Waals surface area (Å²) in [6.45, 7) is 2.76. The van der Waals surface area contributed by atoms with Crippen LogP contribution in [0.15, 0.2) is 78.4 Å². The van der Waals surface area contributed by atoms with Gasteiger partial charge in [0.2, 0.25) is 0 Å². The van der Waals surface area contributed by atoms with Crippen molar-refractivity contribution in [3.8, 4) is 0 Å². The number of benzene rings is 3. The molecule has 0 bridgehead atoms. The summed E-state index contributed by atoms with van der Waals surface area (Å²) >= 11 is 0. The van der Waals surface area contributed by atoms with Crippen LogP contribution in [0.3, 0.4) is 0 Å². The van der Waals surface area contributed by atoms with Crippen molar-refractivity contribution in [3.05, 3.63) is 112 Å². The van der Waals surface area contributed by atoms with E-state index in [0.717, 1.165) is 57.3 Å². The second-order valence-corrected chi connectivity index (χ2v) is 10.2. The van der Waals surface area contributed by atoms with Gasteiger partial charge < -0.3 is 10.0 Å². The van der Waals surface area contributed by atoms with Gasteiger partial charge in [-0.15, -0.1) is 0 Å². The highest BCUT2D eigenvalue weighted by molar-refractivity contribution is 5.90. The van der Waals surface area contributed by atoms with Crippen LogP contribution >= 0.6 is 0 Å². The number of allylic oxidation sites excluding steroid dienone is 1. The van der Waals surface area contributed by atoms with Crippen LogP contribution in [-0.2, 0) is 19.3 Å². The maximum Gasteiger partial charge on any atom is 0.335 e. The van der Waals surface area contributed by atoms with Crippen LogP contribution in [0, 0.1) is 5.92 Å². The van der Waals surface area contributed by atoms with Gasteiger partial charge in [-0.25, -0.2) is 4.79 Å². The molecule has 0 saturated carbocycles. The number of likely N-dealkylation sites (tertiary alicyclic amines) is 1. The predicted octanol–water partition coefficient (Wildman–Crippen LogP) is 6.60. The molecule has 0 amide bonds. The minimum atomic E-state index is -0.874. The van der Waals surface area contributed by atoms with Gasteiger partial charge in [-0.3, -0.25) is 4.39 Å². The Bertz CT molecular complexity index is 1230. The number of hydrogen-bond donors (Lipinski definition) is 1. The van der Waals surface area contributed by atoms with E-state index in [1.807, 2.05) is 12.1 Å². The van der Waals surface area contributed by atoms with Crippen LogP contribution < -0.4 is 0 Å². The van der Waals surface area contributed by atoms with Gasteiger partial charge >= 0.3 is 5.97 Å². The molecule has 186 valence electrons. The molecule has 0 aromatic heterocycles. The number of fused-ring (bicyclic) bond motifs is 1. The Labute approximate surface area is 213 Å². The number of rotatable bonds is 9. The Hall–Kier alpha value is -3.24. The third kappa shape index (κ3) is 5.60. The van der Waals surface area contributed by atoms with Crippen LogP contribution in [-0.4, -0.2) is 42.3 Å². The first-order valence-electron chi connectivity index (χ1n) is 13.1. The molecular formula is C32H34FNO2. The van der Waals surface area contributed by atoms with Crippen LogP contribution in [0.2, 0.25) is 0 Å². The van der Waals surface area contributed by atoms with E-state index < -0.39 is 5.97 Å². The lowest BCUT2D eigenvalue weighted by Crippen LogP contribution is -2.47. The molecule has 0 atom stereocenters. The minimum absolute atomic E-state index is 0.231. The van der Waals surface area contributed by atoms with Gasteiger partial charge in [-0.1, -0.05) is 66.2 Å². The third-order valence-electron chi connectivity index (χ3n) is 7.57. The Morgan fingerprint density at radius 1 is 0.944 bits per heavy atom. The quantitative estimate of drug-likeness (QED) is 0.373. The van der Waals surface area contributed by atoms with Crippen LogP contribution in [0.4, 0.5) is 4.39 Å². The van der Waals surface area contributed by atoms with Crippen molar-refractivity contribution in [2.45, 2.75) is 38.5 Å². The van der Waals surface area contributed by atoms with Crippen LogP contribution in [0.1, 0.15) is 57.4 Å². The van der Waals surface area contributed by atoms with E-state index in [1.54, 1.807) is 6.07 Å². The highest BCUT2D eigenvalue weighted by Gasteiger charge is 2.26. The zero-order valence-electron chi connectivity index (χ0n) is 20.8. The molecule has 36 heavy (non-hydrogen) atoms. The lowest BCUT2D eigenvalue weighted by molar-refractivity contribution is 0.0696. The molecule has 0 radical (unpaired) electrons. The molecule has 1 aliphatic heterocycles. The summed E-state index contributed by atoms with van der Waals surface area (Å²) in [5.74, 6) is -0.225. The maximum absolute atomic E-state index is 12.4. The fourth-order valence-corrected chi connectivity index (χ4v) is 5.78. The predicted molar refractivity (Wildman–Crippen MR) is 143 cm³/mol. The normalized spacial score (nSPS) is 16.4. The Balaban J connectivity index is 1.44. The molecule has 1 saturated heterocycles. The van der Waals surface area contributed by atoms with Gasteiger partial charge in [0.25, 0.3) is 0 Å². The fraction of sp³-hybridized carbons (Fsp3) is 0.344. The molecule has 1 aliphatic carbocycles. The monoisotopic (exact) mass is 483 g/mol. The first kappa shape index (κ1) is 24.5. The summed E-state index contributed by atoms with van der Waals surface area (Å²) in [5, 5.41) is 9.54. The fourth-order valence-electron chi connectivity index (χ4n) is 5.78. The average molecular weight is 484 g/mol. The maximum atomic E-state index is 12.4. The SMILES string of the molecule is O=C(O)c1ccc2c(c1)CCCC(Cc1ccccc1)=C2c1ccc(CC2CN(CCCF)C2)cc1. The number of nitrogens with zero attached hydrogens (tertiary/aromatic N) is 1. The number of halogens is 1. The van der Waals surface area contributed by atoms with Gasteiger partial charge in [0.1, 0.15) is 0 Å². The highest BCUT2D eigenvalue weighted by Crippen LogP contribution is 2.37. The van der Waals surface area contributed by atoms with Gasteiger partial charge in [0.05, 0.1) is 12.2 Å². The molecule has 1 heterocycles. The number of carboxylic acids is 1. The van der Waals surface area contributed by atoms with Crippen molar-refractivity contribution in [2.24, 2.45) is 5.92 Å². The van der Waals surface area contributed by atoms with E-state index in [-0.39, 0.29) is 6.67 Å². The topological polar surface area (TPSA) is 40.5 Å². The van der Waals surface area contributed by atoms with Crippen LogP contribution in [0.5, 0.6) is 0 Å². The molecule has 1 N–H and O–H groups in total. The summed E-state index contributed by atoms with van der Waals surface area (Å²) in [6, 6.07) is 25.2. The van der Waals surface area contributed by atoms with Crippen molar-refractivity contribution in [3.63, 3.8) is 0 Å². The lowest BCUT2D eigenvalue weighted by Gasteiger charge is -2.39. The zero-order chi connectivity index (χ0) is 24.9. The smallest absolute Gasteiger partial charge is 0.335 e. The summed E-state index contributed by atoms with van der Waals surface area (Å²) in [4.78, 5) is 14.0. The Morgan fingerprint density at radius 2 is 1.72 bits per heavy atom. The first-order chi connectivity index (χ1) is 17.6. The number of carbonyl (C=O) groups is 1. The molecule has 4 heteroatoms. The summed E-state index contributed by atoms with van der Waals surface area (Å²) < 4.78 is 12.4. The van der Waals surface area contributed by atoms with E-state index in [2.05, 4.69) is 59.5 Å². The van der Waals surface area contributed by atoms with E-state index in [1.165, 1.54) is 33.4 Å². The molecule has 3 aromatic rings. The van der Waals surface area contributed by atoms with Gasteiger partial charge in [0.15, 0.2) is 0 Å². The van der Waals surface area contributed by atoms with E-state index in [9.17, 15) is 14.3 Å². The first-order valence-corrected chi connectivity index (χ1v) is 13.1. The average Bonchev–Trinajstić information content (AvgIpc) is 3.05. The number of carboxylic acid groups (broad SMARTS) is 1. The molecule has 3 nitrogen and oxygen atoms in total. The standard InChI is InChI=1S/C32H34FNO2/c33-16-5-17-34-21-25(22-34)18-24-10-12-26(13-11-24)31-28(19-23-6-2-1-3-7-23)9-4-8-27-20-29(32(35)36)14-15-30(27)31/h1-3,6-7,10-15,20,25H,4-5,8-9,16-19,21-22H2,(H,35,36). The second-order valence-electron chi connectivity index (χ2n) is 10.2. The number of aryl methyl sites for hydroxylation is 1. The highest BCUT2D eigenvalue weighted by atomic mass is 19.1. The van der Waals surface area contributed by atoms with E-state index >= 15 is 0 Å². The van der Waals surface area contributed by atoms with Gasteiger partial charge in [-0.05, 0) is 90.0 Å². The van der Waals surface area contributed by atoms with Gasteiger partial charge in [-0.2, -0.15) is 0 Å². The van der Waals surface area contributed by atoms with Crippen molar-refractivity contribution < 1.29 is 14.3 Å².